The zero-order chi connectivity index (χ0) is 29.5. The van der Waals surface area contributed by atoms with Crippen molar-refractivity contribution in [3.63, 3.8) is 0 Å². The summed E-state index contributed by atoms with van der Waals surface area (Å²) in [6.07, 6.45) is 0. The molecule has 0 bridgehead atoms. The van der Waals surface area contributed by atoms with Crippen LogP contribution in [0.15, 0.2) is 158 Å². The maximum atomic E-state index is 2.48. The largest absolute Gasteiger partial charge is 0.309 e. The highest BCUT2D eigenvalue weighted by molar-refractivity contribution is 7.26. The summed E-state index contributed by atoms with van der Waals surface area (Å²) >= 11 is 1.89. The van der Waals surface area contributed by atoms with Gasteiger partial charge in [-0.3, -0.25) is 0 Å². The summed E-state index contributed by atoms with van der Waals surface area (Å²) in [6, 6.07) is 57.5. The van der Waals surface area contributed by atoms with Crippen LogP contribution in [-0.4, -0.2) is 9.13 Å². The SMILES string of the molecule is c1ccc(-n2c3ccccc3c3ccc4c(c5ccccc5n4-c4ccccc4-c4cccc5c4sc4ccccc45)c32)cc1. The molecule has 45 heavy (non-hydrogen) atoms. The molecule has 3 heteroatoms. The highest BCUT2D eigenvalue weighted by Crippen LogP contribution is 2.45. The second-order valence-corrected chi connectivity index (χ2v) is 12.7. The fraction of sp³-hybridized carbons (Fsp3) is 0. The van der Waals surface area contributed by atoms with Crippen LogP contribution in [0, 0.1) is 0 Å². The van der Waals surface area contributed by atoms with Crippen LogP contribution in [0.3, 0.4) is 0 Å². The van der Waals surface area contributed by atoms with Crippen LogP contribution in [0.2, 0.25) is 0 Å². The molecule has 0 aliphatic carbocycles. The van der Waals surface area contributed by atoms with Crippen LogP contribution in [0.1, 0.15) is 0 Å². The van der Waals surface area contributed by atoms with Gasteiger partial charge in [-0.15, -0.1) is 11.3 Å². The molecule has 0 N–H and O–H groups in total. The van der Waals surface area contributed by atoms with Gasteiger partial charge in [-0.25, -0.2) is 0 Å². The summed E-state index contributed by atoms with van der Waals surface area (Å²) in [5.41, 5.74) is 9.76. The molecule has 0 fully saturated rings. The van der Waals surface area contributed by atoms with E-state index in [1.165, 1.54) is 86.3 Å². The molecule has 2 nitrogen and oxygen atoms in total. The summed E-state index contributed by atoms with van der Waals surface area (Å²) in [4.78, 5) is 0. The summed E-state index contributed by atoms with van der Waals surface area (Å²) in [6.45, 7) is 0. The van der Waals surface area contributed by atoms with Crippen molar-refractivity contribution in [2.75, 3.05) is 0 Å². The average Bonchev–Trinajstić information content (AvgIpc) is 3.76. The van der Waals surface area contributed by atoms with Crippen molar-refractivity contribution >= 4 is 75.1 Å². The molecular weight excluding hydrogens is 565 g/mol. The van der Waals surface area contributed by atoms with E-state index < -0.39 is 0 Å². The third kappa shape index (κ3) is 3.44. The number of thiophene rings is 1. The molecule has 0 saturated heterocycles. The Hall–Kier alpha value is -5.64. The van der Waals surface area contributed by atoms with E-state index in [1.54, 1.807) is 0 Å². The monoisotopic (exact) mass is 590 g/mol. The van der Waals surface area contributed by atoms with Gasteiger partial charge in [0, 0.05) is 58.5 Å². The van der Waals surface area contributed by atoms with Crippen molar-refractivity contribution in [3.05, 3.63) is 158 Å². The van der Waals surface area contributed by atoms with Crippen LogP contribution >= 0.6 is 11.3 Å². The molecule has 0 aliphatic rings. The standard InChI is InChI=1S/C42H26N2S/c1-2-13-27(14-3-1)43-35-21-8-4-15-28(35)31-25-26-38-40(41(31)43)34-18-6-10-23-37(34)44(38)36-22-9-5-16-29(36)32-19-12-20-33-30-17-7-11-24-39(30)45-42(32)33/h1-26H. The Balaban J connectivity index is 1.35. The van der Waals surface area contributed by atoms with Gasteiger partial charge >= 0.3 is 0 Å². The van der Waals surface area contributed by atoms with Crippen LogP contribution in [-0.2, 0) is 0 Å². The van der Waals surface area contributed by atoms with Crippen molar-refractivity contribution in [1.29, 1.82) is 0 Å². The molecule has 7 aromatic carbocycles. The minimum atomic E-state index is 1.17. The van der Waals surface area contributed by atoms with E-state index in [9.17, 15) is 0 Å². The van der Waals surface area contributed by atoms with Crippen molar-refractivity contribution < 1.29 is 0 Å². The zero-order valence-electron chi connectivity index (χ0n) is 24.3. The number of rotatable bonds is 3. The van der Waals surface area contributed by atoms with E-state index in [0.717, 1.165) is 0 Å². The number of hydrogen-bond acceptors (Lipinski definition) is 1. The Bertz CT molecular complexity index is 2760. The van der Waals surface area contributed by atoms with Crippen LogP contribution in [0.4, 0.5) is 0 Å². The topological polar surface area (TPSA) is 9.86 Å². The van der Waals surface area contributed by atoms with Crippen LogP contribution < -0.4 is 0 Å². The fourth-order valence-corrected chi connectivity index (χ4v) is 8.70. The number of aromatic nitrogens is 2. The smallest absolute Gasteiger partial charge is 0.0641 e. The first-order valence-corrected chi connectivity index (χ1v) is 16.2. The van der Waals surface area contributed by atoms with Gasteiger partial charge in [0.15, 0.2) is 0 Å². The predicted molar refractivity (Wildman–Crippen MR) is 193 cm³/mol. The van der Waals surface area contributed by atoms with Gasteiger partial charge in [0.05, 0.1) is 27.8 Å². The molecule has 0 amide bonds. The quantitative estimate of drug-likeness (QED) is 0.194. The molecule has 0 saturated carbocycles. The molecule has 0 spiro atoms. The second-order valence-electron chi connectivity index (χ2n) is 11.7. The zero-order valence-corrected chi connectivity index (χ0v) is 25.1. The molecule has 3 aromatic heterocycles. The van der Waals surface area contributed by atoms with Crippen molar-refractivity contribution in [2.45, 2.75) is 0 Å². The van der Waals surface area contributed by atoms with E-state index in [1.807, 2.05) is 11.3 Å². The minimum Gasteiger partial charge on any atom is -0.309 e. The average molecular weight is 591 g/mol. The van der Waals surface area contributed by atoms with Crippen LogP contribution in [0.5, 0.6) is 0 Å². The molecule has 0 aliphatic heterocycles. The van der Waals surface area contributed by atoms with Gasteiger partial charge in [-0.2, -0.15) is 0 Å². The first-order valence-electron chi connectivity index (χ1n) is 15.4. The van der Waals surface area contributed by atoms with Crippen molar-refractivity contribution in [1.82, 2.24) is 9.13 Å². The van der Waals surface area contributed by atoms with Gasteiger partial charge in [-0.1, -0.05) is 115 Å². The lowest BCUT2D eigenvalue weighted by Crippen LogP contribution is -1.97. The van der Waals surface area contributed by atoms with Gasteiger partial charge in [0.1, 0.15) is 0 Å². The first kappa shape index (κ1) is 24.8. The number of para-hydroxylation sites is 4. The second kappa shape index (κ2) is 9.43. The number of fused-ring (bicyclic) bond motifs is 10. The first-order chi connectivity index (χ1) is 22.4. The van der Waals surface area contributed by atoms with E-state index >= 15 is 0 Å². The van der Waals surface area contributed by atoms with Gasteiger partial charge in [0.25, 0.3) is 0 Å². The van der Waals surface area contributed by atoms with E-state index in [4.69, 9.17) is 0 Å². The lowest BCUT2D eigenvalue weighted by atomic mass is 10.0. The molecule has 0 atom stereocenters. The molecule has 0 unspecified atom stereocenters. The molecule has 210 valence electrons. The van der Waals surface area contributed by atoms with E-state index in [2.05, 4.69) is 167 Å². The molecule has 0 radical (unpaired) electrons. The third-order valence-corrected chi connectivity index (χ3v) is 10.5. The van der Waals surface area contributed by atoms with E-state index in [0.29, 0.717) is 0 Å². The van der Waals surface area contributed by atoms with Gasteiger partial charge < -0.3 is 9.13 Å². The summed E-state index contributed by atoms with van der Waals surface area (Å²) in [5, 5.41) is 7.72. The lowest BCUT2D eigenvalue weighted by Gasteiger charge is -2.15. The highest BCUT2D eigenvalue weighted by Gasteiger charge is 2.22. The van der Waals surface area contributed by atoms with Crippen molar-refractivity contribution in [3.8, 4) is 22.5 Å². The maximum Gasteiger partial charge on any atom is 0.0641 e. The minimum absolute atomic E-state index is 1.17. The van der Waals surface area contributed by atoms with Crippen LogP contribution in [0.25, 0.3) is 86.3 Å². The van der Waals surface area contributed by atoms with Gasteiger partial charge in [-0.05, 0) is 42.5 Å². The Kier molecular flexibility index (Phi) is 5.19. The third-order valence-electron chi connectivity index (χ3n) is 9.32. The summed E-state index contributed by atoms with van der Waals surface area (Å²) in [7, 11) is 0. The maximum absolute atomic E-state index is 2.48. The number of nitrogens with zero attached hydrogens (tertiary/aromatic N) is 2. The fourth-order valence-electron chi connectivity index (χ4n) is 7.47. The van der Waals surface area contributed by atoms with Crippen molar-refractivity contribution in [2.24, 2.45) is 0 Å². The lowest BCUT2D eigenvalue weighted by molar-refractivity contribution is 1.18. The number of hydrogen-bond donors (Lipinski definition) is 0. The Morgan fingerprint density at radius 1 is 0.378 bits per heavy atom. The molecule has 10 aromatic rings. The normalized spacial score (nSPS) is 12.0. The molecular formula is C42H26N2S. The Labute approximate surface area is 263 Å². The Morgan fingerprint density at radius 2 is 1.02 bits per heavy atom. The van der Waals surface area contributed by atoms with E-state index in [-0.39, 0.29) is 0 Å². The highest BCUT2D eigenvalue weighted by atomic mass is 32.1. The predicted octanol–water partition coefficient (Wildman–Crippen LogP) is 11.9. The summed E-state index contributed by atoms with van der Waals surface area (Å²) in [5.74, 6) is 0. The summed E-state index contributed by atoms with van der Waals surface area (Å²) < 4.78 is 7.59. The Morgan fingerprint density at radius 3 is 1.89 bits per heavy atom. The number of benzene rings is 7. The molecule has 10 rings (SSSR count). The molecule has 3 heterocycles. The van der Waals surface area contributed by atoms with Gasteiger partial charge in [0.2, 0.25) is 0 Å².